The van der Waals surface area contributed by atoms with Crippen LogP contribution in [0.15, 0.2) is 0 Å². The lowest BCUT2D eigenvalue weighted by atomic mass is 9.82. The van der Waals surface area contributed by atoms with Crippen molar-refractivity contribution in [2.45, 2.75) is 442 Å². The van der Waals surface area contributed by atoms with Crippen molar-refractivity contribution in [3.63, 3.8) is 0 Å². The van der Waals surface area contributed by atoms with E-state index in [1.807, 2.05) is 0 Å². The van der Waals surface area contributed by atoms with E-state index in [9.17, 15) is 68.7 Å². The molecule has 0 amide bonds. The number of carbonyl (C=O) groups is 4. The van der Waals surface area contributed by atoms with Crippen molar-refractivity contribution in [2.75, 3.05) is 39.6 Å². The maximum atomic E-state index is 13.4. The summed E-state index contributed by atoms with van der Waals surface area (Å²) in [6.45, 7) is 5.58. The maximum absolute atomic E-state index is 13.4. The Labute approximate surface area is 662 Å². The molecular formula is C83H156O25P2. The first-order chi connectivity index (χ1) is 53.0. The summed E-state index contributed by atoms with van der Waals surface area (Å²) in [5.41, 5.74) is 0. The number of esters is 3. The SMILES string of the molecule is CCCCCCCCCCCCCCCC(=O)OC[C@H](COP(=O)(O)OCC1OC(OC2OC(COP(=O)(O)OCCCOC(=O)CCCCCCCCCCC(CCCC)C(C)CCCC[C@@H]3C[C@@H]3CCCCCCCC(=O)O)C(O)C(O)C2O)C(O)C(O)C1O)OC(=O)CCCCCCCCCCCCCCC. The van der Waals surface area contributed by atoms with Crippen LogP contribution >= 0.6 is 15.6 Å². The fraction of sp³-hybridized carbons (Fsp3) is 0.952. The molecule has 2 heterocycles. The summed E-state index contributed by atoms with van der Waals surface area (Å²) in [6.07, 6.45) is 36.5. The number of aliphatic carboxylic acids is 1. The minimum Gasteiger partial charge on any atom is -0.481 e. The molecule has 110 heavy (non-hydrogen) atoms. The number of phosphoric ester groups is 2. The molecule has 0 spiro atoms. The van der Waals surface area contributed by atoms with E-state index in [1.54, 1.807) is 0 Å². The predicted molar refractivity (Wildman–Crippen MR) is 423 cm³/mol. The van der Waals surface area contributed by atoms with Gasteiger partial charge in [0.2, 0.25) is 0 Å². The largest absolute Gasteiger partial charge is 0.481 e. The fourth-order valence-electron chi connectivity index (χ4n) is 15.0. The summed E-state index contributed by atoms with van der Waals surface area (Å²) < 4.78 is 79.8. The highest BCUT2D eigenvalue weighted by atomic mass is 31.2. The third kappa shape index (κ3) is 50.4. The standard InChI is InChI=1S/C83H156O25P2/c1-5-8-11-13-15-17-19-21-23-25-30-38-44-56-74(87)100-61-69(105-75(88)57-45-39-32-26-24-22-20-18-16-14-12-9-6-2)62-102-110(97,98)104-64-71-77(90)79(92)81(94)83(107-71)108-82-80(93)78(91)76(89)70(106-82)63-103-109(95,96)101-59-48-58-99-73(86)55-43-37-31-28-27-29-34-40-51-66(50-10-7-3)65(4)49-46-47-53-68-60-67(68)52-41-35-33-36-42-54-72(84)85/h65-71,76-83,89-94H,5-64H2,1-4H3,(H,84,85)(H,95,96)(H,97,98)/t65?,66?,67-,68+,69+,70?,71?,76?,77?,78?,79?,80?,81?,82?,83?/m0/s1. The zero-order chi connectivity index (χ0) is 80.5. The van der Waals surface area contributed by atoms with Crippen LogP contribution in [0.25, 0.3) is 0 Å². The Morgan fingerprint density at radius 1 is 0.382 bits per heavy atom. The summed E-state index contributed by atoms with van der Waals surface area (Å²) in [4.78, 5) is 70.4. The average Bonchev–Trinajstić information content (AvgIpc) is 1.16. The number of carboxylic acid groups (broad SMARTS) is 1. The van der Waals surface area contributed by atoms with Crippen molar-refractivity contribution >= 4 is 39.5 Å². The minimum absolute atomic E-state index is 0.0416. The summed E-state index contributed by atoms with van der Waals surface area (Å²) in [5, 5.41) is 73.8. The summed E-state index contributed by atoms with van der Waals surface area (Å²) in [6, 6.07) is 0. The topological polar surface area (TPSA) is 377 Å². The van der Waals surface area contributed by atoms with E-state index < -0.39 is 133 Å². The lowest BCUT2D eigenvalue weighted by molar-refractivity contribution is -0.376. The Balaban J connectivity index is 1.35. The summed E-state index contributed by atoms with van der Waals surface area (Å²) >= 11 is 0. The van der Waals surface area contributed by atoms with Crippen molar-refractivity contribution in [1.82, 2.24) is 0 Å². The quantitative estimate of drug-likeness (QED) is 0.0118. The second-order valence-electron chi connectivity index (χ2n) is 32.2. The number of hydrogen-bond acceptors (Lipinski definition) is 22. The fourth-order valence-corrected chi connectivity index (χ4v) is 16.5. The molecule has 2 saturated heterocycles. The Bertz CT molecular complexity index is 2400. The highest BCUT2D eigenvalue weighted by Gasteiger charge is 2.51. The maximum Gasteiger partial charge on any atom is 0.472 e. The number of phosphoric acid groups is 2. The van der Waals surface area contributed by atoms with Gasteiger partial charge in [0.15, 0.2) is 18.7 Å². The van der Waals surface area contributed by atoms with Gasteiger partial charge in [-0.15, -0.1) is 0 Å². The first-order valence-corrected chi connectivity index (χ1v) is 47.0. The van der Waals surface area contributed by atoms with Crippen LogP contribution < -0.4 is 0 Å². The van der Waals surface area contributed by atoms with Gasteiger partial charge in [-0.3, -0.25) is 37.3 Å². The average molecular weight is 1620 g/mol. The van der Waals surface area contributed by atoms with Crippen LogP contribution in [0.1, 0.15) is 374 Å². The normalized spacial score (nSPS) is 24.0. The van der Waals surface area contributed by atoms with Crippen LogP contribution in [0.2, 0.25) is 0 Å². The van der Waals surface area contributed by atoms with Crippen LogP contribution in [0, 0.1) is 23.7 Å². The van der Waals surface area contributed by atoms with E-state index >= 15 is 0 Å². The Morgan fingerprint density at radius 3 is 1.19 bits per heavy atom. The van der Waals surface area contributed by atoms with E-state index in [0.29, 0.717) is 25.7 Å². The van der Waals surface area contributed by atoms with Crippen molar-refractivity contribution < 1.29 is 120 Å². The van der Waals surface area contributed by atoms with Gasteiger partial charge in [0.05, 0.1) is 33.0 Å². The summed E-state index contributed by atoms with van der Waals surface area (Å²) in [5.74, 6) is 1.19. The molecule has 0 aromatic rings. The van der Waals surface area contributed by atoms with E-state index in [2.05, 4.69) is 27.7 Å². The number of ether oxygens (including phenoxy) is 6. The number of carboxylic acids is 1. The number of hydrogen-bond donors (Lipinski definition) is 9. The number of rotatable bonds is 75. The Kier molecular flexibility index (Phi) is 59.1. The molecule has 648 valence electrons. The minimum atomic E-state index is -5.13. The molecule has 27 heteroatoms. The third-order valence-electron chi connectivity index (χ3n) is 22.3. The molecule has 3 fully saturated rings. The molecule has 0 aromatic carbocycles. The molecule has 3 rings (SSSR count). The van der Waals surface area contributed by atoms with Crippen LogP contribution in [0.4, 0.5) is 0 Å². The van der Waals surface area contributed by atoms with Crippen molar-refractivity contribution in [3.05, 3.63) is 0 Å². The van der Waals surface area contributed by atoms with Crippen molar-refractivity contribution in [2.24, 2.45) is 23.7 Å². The highest BCUT2D eigenvalue weighted by Crippen LogP contribution is 2.47. The number of unbranched alkanes of at least 4 members (excludes halogenated alkanes) is 37. The van der Waals surface area contributed by atoms with E-state index in [0.717, 1.165) is 114 Å². The zero-order valence-electron chi connectivity index (χ0n) is 68.5. The zero-order valence-corrected chi connectivity index (χ0v) is 70.3. The monoisotopic (exact) mass is 1620 g/mol. The van der Waals surface area contributed by atoms with Crippen LogP contribution in [0.3, 0.4) is 0 Å². The molecule has 0 aromatic heterocycles. The predicted octanol–water partition coefficient (Wildman–Crippen LogP) is 17.6. The van der Waals surface area contributed by atoms with Crippen LogP contribution in [-0.2, 0) is 74.8 Å². The van der Waals surface area contributed by atoms with E-state index in [-0.39, 0.29) is 38.9 Å². The second-order valence-corrected chi connectivity index (χ2v) is 35.1. The molecular weight excluding hydrogens is 1460 g/mol. The van der Waals surface area contributed by atoms with Gasteiger partial charge in [-0.2, -0.15) is 0 Å². The molecule has 9 N–H and O–H groups in total. The molecule has 1 saturated carbocycles. The molecule has 0 bridgehead atoms. The molecule has 14 unspecified atom stereocenters. The van der Waals surface area contributed by atoms with Gasteiger partial charge in [-0.05, 0) is 55.8 Å². The summed E-state index contributed by atoms with van der Waals surface area (Å²) in [7, 11) is -10.0. The molecule has 1 aliphatic carbocycles. The molecule has 17 atom stereocenters. The smallest absolute Gasteiger partial charge is 0.472 e. The third-order valence-corrected chi connectivity index (χ3v) is 24.2. The van der Waals surface area contributed by atoms with Gasteiger partial charge in [-0.1, -0.05) is 310 Å². The lowest BCUT2D eigenvalue weighted by Gasteiger charge is -2.44. The van der Waals surface area contributed by atoms with E-state index in [1.165, 1.54) is 205 Å². The molecule has 3 aliphatic rings. The van der Waals surface area contributed by atoms with Crippen LogP contribution in [0.5, 0.6) is 0 Å². The van der Waals surface area contributed by atoms with Gasteiger partial charge >= 0.3 is 39.5 Å². The number of aliphatic hydroxyl groups excluding tert-OH is 6. The van der Waals surface area contributed by atoms with Gasteiger partial charge < -0.3 is 74.0 Å². The van der Waals surface area contributed by atoms with Gasteiger partial charge in [-0.25, -0.2) is 9.13 Å². The molecule has 2 aliphatic heterocycles. The van der Waals surface area contributed by atoms with Crippen molar-refractivity contribution in [3.8, 4) is 0 Å². The first kappa shape index (κ1) is 102. The van der Waals surface area contributed by atoms with Crippen LogP contribution in [-0.4, -0.2) is 177 Å². The molecule has 25 nitrogen and oxygen atoms in total. The van der Waals surface area contributed by atoms with Gasteiger partial charge in [0.25, 0.3) is 0 Å². The number of aliphatic hydroxyl groups is 6. The van der Waals surface area contributed by atoms with Gasteiger partial charge in [0, 0.05) is 32.1 Å². The highest BCUT2D eigenvalue weighted by molar-refractivity contribution is 7.47. The Hall–Kier alpha value is -2.26. The first-order valence-electron chi connectivity index (χ1n) is 44.0. The van der Waals surface area contributed by atoms with Crippen molar-refractivity contribution in [1.29, 1.82) is 0 Å². The second kappa shape index (κ2) is 63.8. The van der Waals surface area contributed by atoms with Gasteiger partial charge in [0.1, 0.15) is 55.4 Å². The number of carbonyl (C=O) groups excluding carboxylic acids is 3. The van der Waals surface area contributed by atoms with E-state index in [4.69, 9.17) is 51.6 Å². The lowest BCUT2D eigenvalue weighted by Crippen LogP contribution is -2.63. The Morgan fingerprint density at radius 2 is 0.745 bits per heavy atom. The molecule has 0 radical (unpaired) electrons.